The molecule has 130 valence electrons. The summed E-state index contributed by atoms with van der Waals surface area (Å²) in [7, 11) is 0. The summed E-state index contributed by atoms with van der Waals surface area (Å²) in [5.74, 6) is 1.70. The van der Waals surface area contributed by atoms with E-state index >= 15 is 0 Å². The van der Waals surface area contributed by atoms with Gasteiger partial charge in [0.05, 0.1) is 5.60 Å². The first kappa shape index (κ1) is 18.3. The Bertz CT molecular complexity index is 374. The van der Waals surface area contributed by atoms with Gasteiger partial charge in [0.1, 0.15) is 0 Å². The highest BCUT2D eigenvalue weighted by Crippen LogP contribution is 2.63. The minimum atomic E-state index is -0.516. The minimum Gasteiger partial charge on any atom is -0.396 e. The molecule has 2 nitrogen and oxygen atoms in total. The Balaban J connectivity index is 2.19. The molecular weight excluding hydrogens is 272 g/mol. The predicted molar refractivity (Wildman–Crippen MR) is 92.7 cm³/mol. The van der Waals surface area contributed by atoms with Gasteiger partial charge in [-0.15, -0.1) is 0 Å². The zero-order valence-electron chi connectivity index (χ0n) is 15.5. The summed E-state index contributed by atoms with van der Waals surface area (Å²) < 4.78 is 0. The Morgan fingerprint density at radius 2 is 1.73 bits per heavy atom. The van der Waals surface area contributed by atoms with Gasteiger partial charge in [0.2, 0.25) is 0 Å². The molecule has 0 unspecified atom stereocenters. The van der Waals surface area contributed by atoms with Gasteiger partial charge in [-0.25, -0.2) is 0 Å². The van der Waals surface area contributed by atoms with Gasteiger partial charge < -0.3 is 10.2 Å². The van der Waals surface area contributed by atoms with Crippen LogP contribution in [0.1, 0.15) is 86.0 Å². The quantitative estimate of drug-likeness (QED) is 0.767. The molecule has 2 N–H and O–H groups in total. The minimum absolute atomic E-state index is 0.280. The smallest absolute Gasteiger partial charge is 0.0653 e. The van der Waals surface area contributed by atoms with Crippen LogP contribution in [0.25, 0.3) is 0 Å². The molecule has 0 amide bonds. The Hall–Kier alpha value is -0.0800. The second kappa shape index (κ2) is 6.43. The highest BCUT2D eigenvalue weighted by Gasteiger charge is 2.57. The lowest BCUT2D eigenvalue weighted by Gasteiger charge is -2.61. The maximum Gasteiger partial charge on any atom is 0.0653 e. The van der Waals surface area contributed by atoms with Crippen LogP contribution in [0.4, 0.5) is 0 Å². The molecule has 0 aliphatic heterocycles. The van der Waals surface area contributed by atoms with Gasteiger partial charge in [-0.05, 0) is 74.0 Å². The first-order chi connectivity index (χ1) is 10.1. The summed E-state index contributed by atoms with van der Waals surface area (Å²) in [5, 5.41) is 20.2. The van der Waals surface area contributed by atoms with Gasteiger partial charge in [-0.3, -0.25) is 0 Å². The molecule has 0 bridgehead atoms. The van der Waals surface area contributed by atoms with E-state index in [2.05, 4.69) is 34.6 Å². The van der Waals surface area contributed by atoms with Crippen molar-refractivity contribution >= 4 is 0 Å². The van der Waals surface area contributed by atoms with Crippen LogP contribution < -0.4 is 0 Å². The molecule has 2 saturated carbocycles. The van der Waals surface area contributed by atoms with Gasteiger partial charge in [0.15, 0.2) is 0 Å². The Labute approximate surface area is 137 Å². The molecule has 2 rings (SSSR count). The molecule has 0 aromatic heterocycles. The van der Waals surface area contributed by atoms with Gasteiger partial charge in [0, 0.05) is 6.61 Å². The van der Waals surface area contributed by atoms with E-state index in [1.54, 1.807) is 0 Å². The summed E-state index contributed by atoms with van der Waals surface area (Å²) in [6.07, 6.45) is 9.18. The van der Waals surface area contributed by atoms with E-state index in [0.717, 1.165) is 31.6 Å². The fourth-order valence-electron chi connectivity index (χ4n) is 6.08. The molecule has 2 aliphatic carbocycles. The lowest BCUT2D eigenvalue weighted by atomic mass is 9.45. The summed E-state index contributed by atoms with van der Waals surface area (Å²) in [6, 6.07) is 0. The van der Waals surface area contributed by atoms with E-state index in [9.17, 15) is 5.11 Å². The van der Waals surface area contributed by atoms with Crippen LogP contribution in [0.15, 0.2) is 0 Å². The van der Waals surface area contributed by atoms with E-state index in [1.165, 1.54) is 25.7 Å². The van der Waals surface area contributed by atoms with Crippen molar-refractivity contribution < 1.29 is 10.2 Å². The molecule has 2 fully saturated rings. The van der Waals surface area contributed by atoms with Crippen LogP contribution in [0.5, 0.6) is 0 Å². The van der Waals surface area contributed by atoms with Crippen LogP contribution in [-0.4, -0.2) is 22.4 Å². The first-order valence-corrected chi connectivity index (χ1v) is 9.47. The fraction of sp³-hybridized carbons (Fsp3) is 1.00. The molecule has 0 heterocycles. The number of hydrogen-bond acceptors (Lipinski definition) is 2. The monoisotopic (exact) mass is 310 g/mol. The molecule has 22 heavy (non-hydrogen) atoms. The molecule has 2 aliphatic rings. The van der Waals surface area contributed by atoms with Crippen LogP contribution >= 0.6 is 0 Å². The summed E-state index contributed by atoms with van der Waals surface area (Å²) in [5.41, 5.74) is 0.179. The van der Waals surface area contributed by atoms with Gasteiger partial charge in [0.25, 0.3) is 0 Å². The fourth-order valence-corrected chi connectivity index (χ4v) is 6.08. The lowest BCUT2D eigenvalue weighted by molar-refractivity contribution is -0.170. The summed E-state index contributed by atoms with van der Waals surface area (Å²) >= 11 is 0. The van der Waals surface area contributed by atoms with Crippen molar-refractivity contribution in [2.75, 3.05) is 6.61 Å². The van der Waals surface area contributed by atoms with E-state index in [0.29, 0.717) is 17.3 Å². The standard InChI is InChI=1S/C20H38O2/c1-15(10-14-21)7-8-17-19(4)12-6-11-18(2,3)16(19)9-13-20(17,5)22/h15-17,21-22H,6-14H2,1-5H3/t15-,16+,17+,19-,20+/m0/s1. The van der Waals surface area contributed by atoms with Gasteiger partial charge >= 0.3 is 0 Å². The Morgan fingerprint density at radius 1 is 1.05 bits per heavy atom. The third-order valence-electron chi connectivity index (χ3n) is 7.33. The van der Waals surface area contributed by atoms with Crippen molar-refractivity contribution in [3.8, 4) is 0 Å². The lowest BCUT2D eigenvalue weighted by Crippen LogP contribution is -2.57. The molecule has 0 aromatic rings. The SMILES string of the molecule is C[C@H](CCO)CC[C@@H]1[C@@]2(C)CCCC(C)(C)[C@H]2CC[C@@]1(C)O. The van der Waals surface area contributed by atoms with Crippen LogP contribution in [0.2, 0.25) is 0 Å². The van der Waals surface area contributed by atoms with Gasteiger partial charge in [-0.1, -0.05) is 40.5 Å². The number of rotatable bonds is 5. The molecule has 5 atom stereocenters. The van der Waals surface area contributed by atoms with Crippen LogP contribution in [0, 0.1) is 28.6 Å². The molecule has 0 radical (unpaired) electrons. The molecule has 0 spiro atoms. The van der Waals surface area contributed by atoms with Crippen LogP contribution in [0.3, 0.4) is 0 Å². The first-order valence-electron chi connectivity index (χ1n) is 9.47. The van der Waals surface area contributed by atoms with Crippen molar-refractivity contribution in [2.45, 2.75) is 91.6 Å². The van der Waals surface area contributed by atoms with Crippen molar-refractivity contribution in [1.82, 2.24) is 0 Å². The summed E-state index contributed by atoms with van der Waals surface area (Å²) in [4.78, 5) is 0. The molecule has 0 saturated heterocycles. The van der Waals surface area contributed by atoms with E-state index in [4.69, 9.17) is 5.11 Å². The van der Waals surface area contributed by atoms with Crippen LogP contribution in [-0.2, 0) is 0 Å². The third-order valence-corrected chi connectivity index (χ3v) is 7.33. The predicted octanol–water partition coefficient (Wildman–Crippen LogP) is 4.78. The average Bonchev–Trinajstić information content (AvgIpc) is 2.36. The summed E-state index contributed by atoms with van der Waals surface area (Å²) in [6.45, 7) is 12.0. The van der Waals surface area contributed by atoms with Crippen molar-refractivity contribution in [2.24, 2.45) is 28.6 Å². The number of aliphatic hydroxyl groups excluding tert-OH is 1. The second-order valence-electron chi connectivity index (χ2n) is 9.54. The van der Waals surface area contributed by atoms with E-state index in [-0.39, 0.29) is 12.0 Å². The largest absolute Gasteiger partial charge is 0.396 e. The zero-order chi connectivity index (χ0) is 16.6. The van der Waals surface area contributed by atoms with E-state index < -0.39 is 5.60 Å². The molecular formula is C20H38O2. The second-order valence-corrected chi connectivity index (χ2v) is 9.54. The van der Waals surface area contributed by atoms with E-state index in [1.807, 2.05) is 0 Å². The Kier molecular flexibility index (Phi) is 5.34. The van der Waals surface area contributed by atoms with Crippen molar-refractivity contribution in [1.29, 1.82) is 0 Å². The Morgan fingerprint density at radius 3 is 2.36 bits per heavy atom. The number of fused-ring (bicyclic) bond motifs is 1. The highest BCUT2D eigenvalue weighted by atomic mass is 16.3. The van der Waals surface area contributed by atoms with Crippen molar-refractivity contribution in [3.05, 3.63) is 0 Å². The number of aliphatic hydroxyl groups is 2. The maximum atomic E-state index is 11.1. The maximum absolute atomic E-state index is 11.1. The zero-order valence-corrected chi connectivity index (χ0v) is 15.5. The van der Waals surface area contributed by atoms with Crippen molar-refractivity contribution in [3.63, 3.8) is 0 Å². The average molecular weight is 311 g/mol. The topological polar surface area (TPSA) is 40.5 Å². The highest BCUT2D eigenvalue weighted by molar-refractivity contribution is 5.07. The molecule has 0 aromatic carbocycles. The molecule has 2 heteroatoms. The van der Waals surface area contributed by atoms with Gasteiger partial charge in [-0.2, -0.15) is 0 Å². The third kappa shape index (κ3) is 3.38. The normalized spacial score (nSPS) is 42.7. The number of hydrogen-bond donors (Lipinski definition) is 2.